The second-order valence-corrected chi connectivity index (χ2v) is 7.04. The third-order valence-electron chi connectivity index (χ3n) is 3.17. The highest BCUT2D eigenvalue weighted by atomic mass is 14.9. The van der Waals surface area contributed by atoms with Gasteiger partial charge < -0.3 is 5.32 Å². The summed E-state index contributed by atoms with van der Waals surface area (Å²) >= 11 is 0. The minimum absolute atomic E-state index is 0.304. The summed E-state index contributed by atoms with van der Waals surface area (Å²) in [7, 11) is 0. The van der Waals surface area contributed by atoms with Crippen LogP contribution in [0.1, 0.15) is 71.4 Å². The zero-order valence-electron chi connectivity index (χ0n) is 13.1. The fourth-order valence-corrected chi connectivity index (χ4v) is 2.11. The van der Waals surface area contributed by atoms with Crippen molar-refractivity contribution in [2.75, 3.05) is 11.9 Å². The summed E-state index contributed by atoms with van der Waals surface area (Å²) in [6.45, 7) is 16.9. The van der Waals surface area contributed by atoms with Gasteiger partial charge in [0.05, 0.1) is 0 Å². The second-order valence-electron chi connectivity index (χ2n) is 7.04. The molecule has 1 rings (SSSR count). The zero-order valence-corrected chi connectivity index (χ0v) is 13.1. The summed E-state index contributed by atoms with van der Waals surface area (Å²) in [5.74, 6) is 1.12. The monoisotopic (exact) mass is 247 g/mol. The minimum Gasteiger partial charge on any atom is -0.384 e. The van der Waals surface area contributed by atoms with E-state index in [9.17, 15) is 0 Å². The Morgan fingerprint density at radius 1 is 0.944 bits per heavy atom. The van der Waals surface area contributed by atoms with Crippen LogP contribution in [0.5, 0.6) is 0 Å². The van der Waals surface area contributed by atoms with Gasteiger partial charge in [-0.2, -0.15) is 0 Å². The quantitative estimate of drug-likeness (QED) is 0.752. The maximum absolute atomic E-state index is 3.68. The predicted octanol–water partition coefficient (Wildman–Crippen LogP) is 5.39. The number of hydrogen-bond acceptors (Lipinski definition) is 1. The topological polar surface area (TPSA) is 12.0 Å². The summed E-state index contributed by atoms with van der Waals surface area (Å²) in [6, 6.07) is 6.69. The molecule has 0 aromatic heterocycles. The molecule has 102 valence electrons. The molecule has 1 N–H and O–H groups in total. The lowest BCUT2D eigenvalue weighted by molar-refractivity contribution is 0.442. The van der Waals surface area contributed by atoms with Crippen LogP contribution in [-0.4, -0.2) is 6.54 Å². The molecule has 1 heteroatoms. The van der Waals surface area contributed by atoms with Crippen molar-refractivity contribution in [3.63, 3.8) is 0 Å². The molecule has 0 amide bonds. The van der Waals surface area contributed by atoms with Crippen molar-refractivity contribution in [3.8, 4) is 0 Å². The van der Waals surface area contributed by atoms with Gasteiger partial charge in [0.1, 0.15) is 0 Å². The molecule has 18 heavy (non-hydrogen) atoms. The van der Waals surface area contributed by atoms with Crippen LogP contribution >= 0.6 is 0 Å². The smallest absolute Gasteiger partial charge is 0.0410 e. The van der Waals surface area contributed by atoms with Crippen LogP contribution in [0.15, 0.2) is 18.2 Å². The lowest BCUT2D eigenvalue weighted by atomic mass is 9.91. The van der Waals surface area contributed by atoms with Gasteiger partial charge in [0.2, 0.25) is 0 Å². The molecule has 0 aliphatic rings. The van der Waals surface area contributed by atoms with Crippen LogP contribution < -0.4 is 5.32 Å². The molecule has 0 fully saturated rings. The van der Waals surface area contributed by atoms with Crippen molar-refractivity contribution >= 4 is 5.69 Å². The molecular weight excluding hydrogens is 218 g/mol. The van der Waals surface area contributed by atoms with E-state index in [1.807, 2.05) is 0 Å². The Balaban J connectivity index is 3.11. The third kappa shape index (κ3) is 4.04. The molecule has 0 aliphatic carbocycles. The first kappa shape index (κ1) is 15.1. The van der Waals surface area contributed by atoms with Crippen LogP contribution in [-0.2, 0) is 0 Å². The molecule has 0 spiro atoms. The Kier molecular flexibility index (Phi) is 4.84. The Morgan fingerprint density at radius 2 is 1.39 bits per heavy atom. The van der Waals surface area contributed by atoms with E-state index in [1.54, 1.807) is 0 Å². The Labute approximate surface area is 113 Å². The van der Waals surface area contributed by atoms with Gasteiger partial charge in [-0.1, -0.05) is 66.7 Å². The van der Waals surface area contributed by atoms with Crippen LogP contribution in [0.2, 0.25) is 0 Å². The van der Waals surface area contributed by atoms with Crippen molar-refractivity contribution in [3.05, 3.63) is 29.3 Å². The van der Waals surface area contributed by atoms with Crippen molar-refractivity contribution in [2.24, 2.45) is 5.41 Å². The molecule has 0 saturated heterocycles. The molecule has 0 atom stereocenters. The number of rotatable bonds is 4. The van der Waals surface area contributed by atoms with Crippen molar-refractivity contribution < 1.29 is 0 Å². The minimum atomic E-state index is 0.304. The number of nitrogens with one attached hydrogen (secondary N) is 1. The molecule has 0 aliphatic heterocycles. The van der Waals surface area contributed by atoms with E-state index in [0.29, 0.717) is 17.3 Å². The largest absolute Gasteiger partial charge is 0.384 e. The first-order valence-electron chi connectivity index (χ1n) is 7.09. The normalized spacial score (nSPS) is 12.3. The Bertz CT molecular complexity index is 357. The maximum Gasteiger partial charge on any atom is 0.0410 e. The summed E-state index contributed by atoms with van der Waals surface area (Å²) in [4.78, 5) is 0. The van der Waals surface area contributed by atoms with Crippen molar-refractivity contribution in [2.45, 2.75) is 60.3 Å². The van der Waals surface area contributed by atoms with Gasteiger partial charge in [-0.15, -0.1) is 0 Å². The lowest BCUT2D eigenvalue weighted by Crippen LogP contribution is -2.21. The van der Waals surface area contributed by atoms with Gasteiger partial charge in [0, 0.05) is 12.2 Å². The fraction of sp³-hybridized carbons (Fsp3) is 0.647. The molecule has 0 bridgehead atoms. The fourth-order valence-electron chi connectivity index (χ4n) is 2.11. The standard InChI is InChI=1S/C17H29N/c1-12(2)14-9-8-10-15(13(3)4)16(14)18-11-17(5,6)7/h8-10,12-13,18H,11H2,1-7H3. The average Bonchev–Trinajstić information content (AvgIpc) is 2.24. The highest BCUT2D eigenvalue weighted by Gasteiger charge is 2.16. The van der Waals surface area contributed by atoms with E-state index in [-0.39, 0.29) is 0 Å². The van der Waals surface area contributed by atoms with E-state index in [2.05, 4.69) is 72.0 Å². The first-order chi connectivity index (χ1) is 8.22. The SMILES string of the molecule is CC(C)c1cccc(C(C)C)c1NCC(C)(C)C. The van der Waals surface area contributed by atoms with Gasteiger partial charge in [-0.05, 0) is 28.4 Å². The molecule has 0 unspecified atom stereocenters. The van der Waals surface area contributed by atoms with Gasteiger partial charge >= 0.3 is 0 Å². The highest BCUT2D eigenvalue weighted by molar-refractivity contribution is 5.60. The Hall–Kier alpha value is -0.980. The highest BCUT2D eigenvalue weighted by Crippen LogP contribution is 2.33. The summed E-state index contributed by atoms with van der Waals surface area (Å²) in [5.41, 5.74) is 4.53. The molecule has 1 aromatic rings. The predicted molar refractivity (Wildman–Crippen MR) is 82.6 cm³/mol. The van der Waals surface area contributed by atoms with Gasteiger partial charge in [-0.3, -0.25) is 0 Å². The molecule has 0 saturated carbocycles. The van der Waals surface area contributed by atoms with Crippen LogP contribution in [0.25, 0.3) is 0 Å². The van der Waals surface area contributed by atoms with E-state index < -0.39 is 0 Å². The molecule has 1 aromatic carbocycles. The summed E-state index contributed by atoms with van der Waals surface area (Å²) in [5, 5.41) is 3.68. The number of anilines is 1. The van der Waals surface area contributed by atoms with E-state index in [1.165, 1.54) is 16.8 Å². The van der Waals surface area contributed by atoms with E-state index >= 15 is 0 Å². The van der Waals surface area contributed by atoms with Crippen molar-refractivity contribution in [1.29, 1.82) is 0 Å². The molecule has 0 radical (unpaired) electrons. The molecule has 1 nitrogen and oxygen atoms in total. The third-order valence-corrected chi connectivity index (χ3v) is 3.17. The number of benzene rings is 1. The van der Waals surface area contributed by atoms with Crippen LogP contribution in [0.4, 0.5) is 5.69 Å². The second kappa shape index (κ2) is 5.77. The molecule has 0 heterocycles. The zero-order chi connectivity index (χ0) is 13.9. The summed E-state index contributed by atoms with van der Waals surface area (Å²) < 4.78 is 0. The molecular formula is C17H29N. The number of para-hydroxylation sites is 1. The van der Waals surface area contributed by atoms with Gasteiger partial charge in [0.15, 0.2) is 0 Å². The lowest BCUT2D eigenvalue weighted by Gasteiger charge is -2.25. The van der Waals surface area contributed by atoms with Gasteiger partial charge in [0.25, 0.3) is 0 Å². The summed E-state index contributed by atoms with van der Waals surface area (Å²) in [6.07, 6.45) is 0. The maximum atomic E-state index is 3.68. The first-order valence-corrected chi connectivity index (χ1v) is 7.09. The van der Waals surface area contributed by atoms with E-state index in [0.717, 1.165) is 6.54 Å². The average molecular weight is 247 g/mol. The number of hydrogen-bond donors (Lipinski definition) is 1. The van der Waals surface area contributed by atoms with E-state index in [4.69, 9.17) is 0 Å². The van der Waals surface area contributed by atoms with Crippen LogP contribution in [0, 0.1) is 5.41 Å². The van der Waals surface area contributed by atoms with Crippen LogP contribution in [0.3, 0.4) is 0 Å². The Morgan fingerprint density at radius 3 is 1.72 bits per heavy atom. The van der Waals surface area contributed by atoms with Gasteiger partial charge in [-0.25, -0.2) is 0 Å². The van der Waals surface area contributed by atoms with Crippen molar-refractivity contribution in [1.82, 2.24) is 0 Å².